The Labute approximate surface area is 277 Å². The van der Waals surface area contributed by atoms with Gasteiger partial charge in [0, 0.05) is 36.7 Å². The van der Waals surface area contributed by atoms with Crippen LogP contribution in [0.25, 0.3) is 0 Å². The number of benzene rings is 3. The van der Waals surface area contributed by atoms with Crippen molar-refractivity contribution in [1.82, 2.24) is 4.90 Å². The highest BCUT2D eigenvalue weighted by molar-refractivity contribution is 5.95. The Morgan fingerprint density at radius 3 is 2.49 bits per heavy atom. The molecule has 8 nitrogen and oxygen atoms in total. The molecule has 1 N–H and O–H groups in total. The maximum Gasteiger partial charge on any atom is 0.308 e. The number of hydrogen-bond acceptors (Lipinski definition) is 6. The lowest BCUT2D eigenvalue weighted by Crippen LogP contribution is -2.48. The Hall–Kier alpha value is -4.11. The maximum atomic E-state index is 14.5. The highest BCUT2D eigenvalue weighted by atomic mass is 19.1. The third-order valence-electron chi connectivity index (χ3n) is 9.55. The van der Waals surface area contributed by atoms with E-state index in [1.807, 2.05) is 46.2 Å². The van der Waals surface area contributed by atoms with Crippen LogP contribution < -0.4 is 19.1 Å². The molecule has 5 rings (SSSR count). The zero-order valence-corrected chi connectivity index (χ0v) is 27.9. The number of fused-ring (bicyclic) bond motifs is 1. The van der Waals surface area contributed by atoms with E-state index in [1.165, 1.54) is 6.07 Å². The molecule has 252 valence electrons. The third-order valence-corrected chi connectivity index (χ3v) is 9.55. The Morgan fingerprint density at radius 2 is 1.81 bits per heavy atom. The van der Waals surface area contributed by atoms with Gasteiger partial charge in [-0.1, -0.05) is 51.0 Å². The molecule has 1 saturated heterocycles. The van der Waals surface area contributed by atoms with Gasteiger partial charge in [-0.25, -0.2) is 4.39 Å². The number of carbonyl (C=O) groups excluding carboxylic acids is 1. The van der Waals surface area contributed by atoms with E-state index in [4.69, 9.17) is 14.2 Å². The molecular weight excluding hydrogens is 599 g/mol. The van der Waals surface area contributed by atoms with Gasteiger partial charge in [0.25, 0.3) is 0 Å². The molecule has 3 atom stereocenters. The van der Waals surface area contributed by atoms with Crippen LogP contribution in [0.3, 0.4) is 0 Å². The Kier molecular flexibility index (Phi) is 11.4. The topological polar surface area (TPSA) is 88.5 Å². The van der Waals surface area contributed by atoms with Crippen LogP contribution in [-0.4, -0.2) is 67.4 Å². The number of carboxylic acids is 1. The van der Waals surface area contributed by atoms with Crippen molar-refractivity contribution in [3.05, 3.63) is 83.2 Å². The van der Waals surface area contributed by atoms with Crippen molar-refractivity contribution < 1.29 is 33.3 Å². The summed E-state index contributed by atoms with van der Waals surface area (Å²) in [6, 6.07) is 17.6. The van der Waals surface area contributed by atoms with Gasteiger partial charge in [0.15, 0.2) is 11.5 Å². The minimum atomic E-state index is -0.898. The van der Waals surface area contributed by atoms with Crippen LogP contribution >= 0.6 is 0 Å². The van der Waals surface area contributed by atoms with Crippen molar-refractivity contribution in [1.29, 1.82) is 0 Å². The van der Waals surface area contributed by atoms with Gasteiger partial charge < -0.3 is 24.2 Å². The fourth-order valence-electron chi connectivity index (χ4n) is 7.31. The number of nitrogens with zero attached hydrogens (tertiary/aromatic N) is 2. The lowest BCUT2D eigenvalue weighted by Gasteiger charge is -2.35. The number of aliphatic carboxylic acids is 1. The largest absolute Gasteiger partial charge is 0.493 e. The molecule has 0 unspecified atom stereocenters. The molecule has 1 amide bonds. The van der Waals surface area contributed by atoms with E-state index >= 15 is 0 Å². The summed E-state index contributed by atoms with van der Waals surface area (Å²) in [7, 11) is 1.58. The molecule has 3 aromatic carbocycles. The minimum Gasteiger partial charge on any atom is -0.493 e. The predicted octanol–water partition coefficient (Wildman–Crippen LogP) is 7.02. The van der Waals surface area contributed by atoms with Crippen LogP contribution in [0.4, 0.5) is 10.1 Å². The van der Waals surface area contributed by atoms with E-state index in [9.17, 15) is 19.1 Å². The lowest BCUT2D eigenvalue weighted by atomic mass is 9.83. The highest BCUT2D eigenvalue weighted by Crippen LogP contribution is 2.41. The lowest BCUT2D eigenvalue weighted by molar-refractivity contribution is -0.143. The maximum absolute atomic E-state index is 14.5. The van der Waals surface area contributed by atoms with Gasteiger partial charge in [-0.2, -0.15) is 0 Å². The zero-order valence-electron chi connectivity index (χ0n) is 27.9. The van der Waals surface area contributed by atoms with Gasteiger partial charge in [-0.15, -0.1) is 0 Å². The second-order valence-electron chi connectivity index (χ2n) is 12.6. The van der Waals surface area contributed by atoms with Crippen LogP contribution in [0.2, 0.25) is 0 Å². The number of halogens is 1. The summed E-state index contributed by atoms with van der Waals surface area (Å²) < 4.78 is 31.6. The van der Waals surface area contributed by atoms with Crippen molar-refractivity contribution in [2.24, 2.45) is 5.92 Å². The number of aryl methyl sites for hydroxylation is 1. The monoisotopic (exact) mass is 646 g/mol. The molecule has 0 saturated carbocycles. The number of rotatable bonds is 15. The van der Waals surface area contributed by atoms with Crippen molar-refractivity contribution in [2.75, 3.05) is 38.3 Å². The SMILES string of the molecule is CCCC(CCC)N(C(=O)CN1C[C@H](c2ccc3c(c2)CCO3)[C@@H](C(=O)O)[C@@H]1CCOc1ccccc1OC)c1ccc(F)c(C)c1. The average molecular weight is 647 g/mol. The normalized spacial score (nSPS) is 19.0. The van der Waals surface area contributed by atoms with Gasteiger partial charge in [-0.3, -0.25) is 14.5 Å². The summed E-state index contributed by atoms with van der Waals surface area (Å²) in [5.74, 6) is -0.394. The summed E-state index contributed by atoms with van der Waals surface area (Å²) in [6.45, 7) is 7.22. The standard InChI is InChI=1S/C38H47FN2O6/c1-5-9-28(10-6-2)41(29-14-15-31(39)25(3)21-29)36(42)24-40-23-30(26-13-16-33-27(22-26)17-19-46-33)37(38(43)44)32(40)18-20-47-35-12-8-7-11-34(35)45-4/h7-8,11-16,21-22,28,30,32,37H,5-6,9-10,17-20,23-24H2,1-4H3,(H,43,44)/t30-,32+,37-/m1/s1. The van der Waals surface area contributed by atoms with Crippen molar-refractivity contribution in [3.63, 3.8) is 0 Å². The molecule has 1 fully saturated rings. The number of para-hydroxylation sites is 2. The molecule has 0 aliphatic carbocycles. The quantitative estimate of drug-likeness (QED) is 0.190. The van der Waals surface area contributed by atoms with Gasteiger partial charge in [0.2, 0.25) is 5.91 Å². The van der Waals surface area contributed by atoms with Gasteiger partial charge >= 0.3 is 5.97 Å². The summed E-state index contributed by atoms with van der Waals surface area (Å²) in [5, 5.41) is 10.7. The fourth-order valence-corrected chi connectivity index (χ4v) is 7.31. The Morgan fingerprint density at radius 1 is 1.06 bits per heavy atom. The Balaban J connectivity index is 1.47. The molecular formula is C38H47FN2O6. The number of hydrogen-bond donors (Lipinski definition) is 1. The van der Waals surface area contributed by atoms with E-state index in [1.54, 1.807) is 26.2 Å². The second kappa shape index (κ2) is 15.7. The van der Waals surface area contributed by atoms with E-state index in [2.05, 4.69) is 19.9 Å². The fraction of sp³-hybridized carbons (Fsp3) is 0.474. The highest BCUT2D eigenvalue weighted by Gasteiger charge is 2.47. The van der Waals surface area contributed by atoms with Crippen LogP contribution in [-0.2, 0) is 16.0 Å². The van der Waals surface area contributed by atoms with Crippen LogP contribution in [0.5, 0.6) is 17.2 Å². The first-order valence-corrected chi connectivity index (χ1v) is 16.8. The summed E-state index contributed by atoms with van der Waals surface area (Å²) >= 11 is 0. The molecule has 3 aromatic rings. The average Bonchev–Trinajstić information content (AvgIpc) is 3.67. The number of carboxylic acid groups (broad SMARTS) is 1. The van der Waals surface area contributed by atoms with Crippen molar-refractivity contribution in [2.45, 2.75) is 77.3 Å². The zero-order chi connectivity index (χ0) is 33.5. The van der Waals surface area contributed by atoms with Gasteiger partial charge in [0.05, 0.1) is 32.8 Å². The molecule has 0 aromatic heterocycles. The first kappa shape index (κ1) is 34.2. The van der Waals surface area contributed by atoms with Gasteiger partial charge in [-0.05, 0) is 79.3 Å². The molecule has 0 radical (unpaired) electrons. The third kappa shape index (κ3) is 7.73. The van der Waals surface area contributed by atoms with E-state index in [-0.39, 0.29) is 36.8 Å². The molecule has 9 heteroatoms. The van der Waals surface area contributed by atoms with Crippen molar-refractivity contribution >= 4 is 17.6 Å². The number of carbonyl (C=O) groups is 2. The number of likely N-dealkylation sites (tertiary alicyclic amines) is 1. The minimum absolute atomic E-state index is 0.0357. The number of ether oxygens (including phenoxy) is 3. The molecule has 2 aliphatic rings. The summed E-state index contributed by atoms with van der Waals surface area (Å²) in [4.78, 5) is 31.4. The Bertz CT molecular complexity index is 1540. The van der Waals surface area contributed by atoms with Crippen LogP contribution in [0.1, 0.15) is 68.6 Å². The van der Waals surface area contributed by atoms with E-state index in [0.29, 0.717) is 42.3 Å². The first-order valence-electron chi connectivity index (χ1n) is 16.8. The van der Waals surface area contributed by atoms with E-state index < -0.39 is 17.9 Å². The molecule has 2 heterocycles. The number of anilines is 1. The van der Waals surface area contributed by atoms with Gasteiger partial charge in [0.1, 0.15) is 11.6 Å². The molecule has 0 spiro atoms. The molecule has 0 bridgehead atoms. The smallest absolute Gasteiger partial charge is 0.308 e. The van der Waals surface area contributed by atoms with Crippen LogP contribution in [0, 0.1) is 18.7 Å². The van der Waals surface area contributed by atoms with Crippen molar-refractivity contribution in [3.8, 4) is 17.2 Å². The number of methoxy groups -OCH3 is 1. The summed E-state index contributed by atoms with van der Waals surface area (Å²) in [6.07, 6.45) is 4.59. The van der Waals surface area contributed by atoms with E-state index in [0.717, 1.165) is 49.0 Å². The predicted molar refractivity (Wildman–Crippen MR) is 180 cm³/mol. The number of amides is 1. The molecule has 47 heavy (non-hydrogen) atoms. The summed E-state index contributed by atoms with van der Waals surface area (Å²) in [5.41, 5.74) is 3.16. The second-order valence-corrected chi connectivity index (χ2v) is 12.6. The first-order chi connectivity index (χ1) is 22.7. The van der Waals surface area contributed by atoms with Crippen LogP contribution in [0.15, 0.2) is 60.7 Å². The molecule has 2 aliphatic heterocycles.